The Morgan fingerprint density at radius 1 is 1.09 bits per heavy atom. The Morgan fingerprint density at radius 2 is 1.82 bits per heavy atom. The summed E-state index contributed by atoms with van der Waals surface area (Å²) in [5, 5.41) is 9.40. The molecule has 2 heterocycles. The Labute approximate surface area is 196 Å². The highest BCUT2D eigenvalue weighted by molar-refractivity contribution is 6.39. The minimum Gasteiger partial charge on any atom is -0.493 e. The van der Waals surface area contributed by atoms with Crippen LogP contribution in [0.3, 0.4) is 0 Å². The van der Waals surface area contributed by atoms with Gasteiger partial charge >= 0.3 is 11.8 Å². The molecule has 0 aliphatic carbocycles. The molecule has 11 nitrogen and oxygen atoms in total. The molecule has 0 bridgehead atoms. The van der Waals surface area contributed by atoms with Gasteiger partial charge in [-0.05, 0) is 37.0 Å². The third-order valence-electron chi connectivity index (χ3n) is 4.97. The first-order valence-corrected chi connectivity index (χ1v) is 10.7. The molecular formula is C23H28N6O5. The van der Waals surface area contributed by atoms with E-state index in [1.165, 1.54) is 10.7 Å². The number of aromatic nitrogens is 4. The van der Waals surface area contributed by atoms with Gasteiger partial charge in [-0.25, -0.2) is 4.98 Å². The number of anilines is 1. The highest BCUT2D eigenvalue weighted by Crippen LogP contribution is 2.27. The molecule has 2 aromatic heterocycles. The number of hydrogen-bond acceptors (Lipinski definition) is 7. The number of aromatic amines is 1. The highest BCUT2D eigenvalue weighted by atomic mass is 16.5. The van der Waals surface area contributed by atoms with Crippen LogP contribution in [-0.2, 0) is 16.0 Å². The predicted octanol–water partition coefficient (Wildman–Crippen LogP) is 1.70. The molecular weight excluding hydrogens is 440 g/mol. The maximum absolute atomic E-state index is 12.5. The van der Waals surface area contributed by atoms with Crippen LogP contribution in [0.2, 0.25) is 0 Å². The summed E-state index contributed by atoms with van der Waals surface area (Å²) in [6.07, 6.45) is 0.490. The van der Waals surface area contributed by atoms with E-state index < -0.39 is 11.8 Å². The van der Waals surface area contributed by atoms with Crippen molar-refractivity contribution in [2.75, 3.05) is 26.1 Å². The summed E-state index contributed by atoms with van der Waals surface area (Å²) >= 11 is 0. The van der Waals surface area contributed by atoms with Gasteiger partial charge in [-0.2, -0.15) is 9.78 Å². The van der Waals surface area contributed by atoms with Gasteiger partial charge in [0.1, 0.15) is 5.82 Å². The van der Waals surface area contributed by atoms with Crippen LogP contribution in [-0.4, -0.2) is 52.3 Å². The number of nitrogens with zero attached hydrogens (tertiary/aromatic N) is 3. The number of rotatable bonds is 8. The molecule has 11 heteroatoms. The van der Waals surface area contributed by atoms with Crippen molar-refractivity contribution in [3.8, 4) is 17.4 Å². The number of methoxy groups -OCH3 is 2. The topological polar surface area (TPSA) is 140 Å². The van der Waals surface area contributed by atoms with Gasteiger partial charge in [0.15, 0.2) is 11.5 Å². The summed E-state index contributed by atoms with van der Waals surface area (Å²) in [6.45, 7) is 5.79. The number of H-pyrrole nitrogens is 1. The zero-order valence-corrected chi connectivity index (χ0v) is 19.8. The van der Waals surface area contributed by atoms with Crippen LogP contribution in [0.15, 0.2) is 35.1 Å². The number of ether oxygens (including phenoxy) is 2. The van der Waals surface area contributed by atoms with E-state index in [2.05, 4.69) is 25.7 Å². The summed E-state index contributed by atoms with van der Waals surface area (Å²) in [4.78, 5) is 43.9. The second-order valence-electron chi connectivity index (χ2n) is 7.88. The van der Waals surface area contributed by atoms with E-state index in [1.807, 2.05) is 26.0 Å². The van der Waals surface area contributed by atoms with Crippen molar-refractivity contribution < 1.29 is 19.1 Å². The van der Waals surface area contributed by atoms with Gasteiger partial charge in [0, 0.05) is 18.7 Å². The van der Waals surface area contributed by atoms with Crippen molar-refractivity contribution in [1.29, 1.82) is 0 Å². The van der Waals surface area contributed by atoms with Crippen molar-refractivity contribution in [2.45, 2.75) is 33.1 Å². The molecule has 0 spiro atoms. The molecule has 3 rings (SSSR count). The molecule has 0 aliphatic heterocycles. The molecule has 2 amide bonds. The molecule has 0 saturated heterocycles. The maximum Gasteiger partial charge on any atom is 0.314 e. The summed E-state index contributed by atoms with van der Waals surface area (Å²) < 4.78 is 11.8. The standard InChI is InChI=1S/C23H28N6O5/c1-13(2)16-12-20(30)27-23(25-16)29-19(10-14(3)28-29)26-22(32)21(31)24-9-8-15-6-7-17(33-4)18(11-15)34-5/h6-7,10-13H,8-9H2,1-5H3,(H,24,31)(H,26,32)(H,25,27,30). The average Bonchev–Trinajstić information content (AvgIpc) is 3.18. The largest absolute Gasteiger partial charge is 0.493 e. The van der Waals surface area contributed by atoms with Crippen LogP contribution in [0.5, 0.6) is 11.5 Å². The highest BCUT2D eigenvalue weighted by Gasteiger charge is 2.19. The van der Waals surface area contributed by atoms with E-state index in [-0.39, 0.29) is 29.8 Å². The summed E-state index contributed by atoms with van der Waals surface area (Å²) in [5.74, 6) is -0.0986. The van der Waals surface area contributed by atoms with Gasteiger partial charge in [-0.15, -0.1) is 0 Å². The average molecular weight is 469 g/mol. The van der Waals surface area contributed by atoms with Crippen molar-refractivity contribution in [3.05, 3.63) is 57.6 Å². The molecule has 3 aromatic rings. The lowest BCUT2D eigenvalue weighted by Gasteiger charge is -2.11. The SMILES string of the molecule is COc1ccc(CCNC(=O)C(=O)Nc2cc(C)nn2-c2nc(C(C)C)cc(=O)[nH]2)cc1OC. The van der Waals surface area contributed by atoms with Crippen LogP contribution in [0.1, 0.15) is 36.7 Å². The lowest BCUT2D eigenvalue weighted by molar-refractivity contribution is -0.136. The number of carbonyl (C=O) groups excluding carboxylic acids is 2. The van der Waals surface area contributed by atoms with Gasteiger partial charge < -0.3 is 20.1 Å². The minimum atomic E-state index is -0.865. The first kappa shape index (κ1) is 24.5. The number of hydrogen-bond donors (Lipinski definition) is 3. The van der Waals surface area contributed by atoms with Gasteiger partial charge in [-0.3, -0.25) is 19.4 Å². The van der Waals surface area contributed by atoms with E-state index >= 15 is 0 Å². The Morgan fingerprint density at radius 3 is 2.50 bits per heavy atom. The maximum atomic E-state index is 12.5. The normalized spacial score (nSPS) is 10.8. The van der Waals surface area contributed by atoms with E-state index in [1.54, 1.807) is 33.3 Å². The number of aryl methyl sites for hydroxylation is 1. The smallest absolute Gasteiger partial charge is 0.314 e. The summed E-state index contributed by atoms with van der Waals surface area (Å²) in [5.41, 5.74) is 1.72. The van der Waals surface area contributed by atoms with Gasteiger partial charge in [0.25, 0.3) is 5.56 Å². The fourth-order valence-corrected chi connectivity index (χ4v) is 3.22. The van der Waals surface area contributed by atoms with Crippen molar-refractivity contribution in [2.24, 2.45) is 0 Å². The number of benzene rings is 1. The van der Waals surface area contributed by atoms with Crippen molar-refractivity contribution in [3.63, 3.8) is 0 Å². The van der Waals surface area contributed by atoms with Crippen LogP contribution >= 0.6 is 0 Å². The number of nitrogens with one attached hydrogen (secondary N) is 3. The second-order valence-corrected chi connectivity index (χ2v) is 7.88. The first-order valence-electron chi connectivity index (χ1n) is 10.7. The summed E-state index contributed by atoms with van der Waals surface area (Å²) in [6, 6.07) is 8.43. The molecule has 0 atom stereocenters. The number of carbonyl (C=O) groups is 2. The third kappa shape index (κ3) is 5.80. The van der Waals surface area contributed by atoms with Gasteiger partial charge in [-0.1, -0.05) is 19.9 Å². The van der Waals surface area contributed by atoms with Crippen LogP contribution in [0.25, 0.3) is 5.95 Å². The van der Waals surface area contributed by atoms with Gasteiger partial charge in [0.05, 0.1) is 25.6 Å². The first-order chi connectivity index (χ1) is 16.2. The molecule has 0 saturated carbocycles. The molecule has 0 fully saturated rings. The quantitative estimate of drug-likeness (QED) is 0.428. The molecule has 34 heavy (non-hydrogen) atoms. The Kier molecular flexibility index (Phi) is 7.67. The lowest BCUT2D eigenvalue weighted by Crippen LogP contribution is -2.37. The third-order valence-corrected chi connectivity index (χ3v) is 4.97. The fourth-order valence-electron chi connectivity index (χ4n) is 3.22. The molecule has 180 valence electrons. The van der Waals surface area contributed by atoms with E-state index in [9.17, 15) is 14.4 Å². The molecule has 0 radical (unpaired) electrons. The zero-order chi connectivity index (χ0) is 24.8. The van der Waals surface area contributed by atoms with E-state index in [4.69, 9.17) is 9.47 Å². The minimum absolute atomic E-state index is 0.0206. The molecule has 0 aliphatic rings. The van der Waals surface area contributed by atoms with Crippen LogP contribution in [0, 0.1) is 6.92 Å². The van der Waals surface area contributed by atoms with Crippen LogP contribution < -0.4 is 25.7 Å². The Balaban J connectivity index is 1.66. The molecule has 3 N–H and O–H groups in total. The monoisotopic (exact) mass is 468 g/mol. The van der Waals surface area contributed by atoms with Crippen molar-refractivity contribution in [1.82, 2.24) is 25.1 Å². The summed E-state index contributed by atoms with van der Waals surface area (Å²) in [7, 11) is 3.10. The zero-order valence-electron chi connectivity index (χ0n) is 19.8. The second kappa shape index (κ2) is 10.6. The fraction of sp³-hybridized carbons (Fsp3) is 0.348. The number of amides is 2. The molecule has 1 aromatic carbocycles. The van der Waals surface area contributed by atoms with Crippen LogP contribution in [0.4, 0.5) is 5.82 Å². The van der Waals surface area contributed by atoms with Crippen molar-refractivity contribution >= 4 is 17.6 Å². The Hall–Kier alpha value is -4.15. The lowest BCUT2D eigenvalue weighted by atomic mass is 10.1. The Bertz CT molecular complexity index is 1250. The predicted molar refractivity (Wildman–Crippen MR) is 126 cm³/mol. The van der Waals surface area contributed by atoms with Gasteiger partial charge in [0.2, 0.25) is 5.95 Å². The van der Waals surface area contributed by atoms with E-state index in [0.717, 1.165) is 5.56 Å². The molecule has 0 unspecified atom stereocenters. The van der Waals surface area contributed by atoms with E-state index in [0.29, 0.717) is 29.3 Å².